The van der Waals surface area contributed by atoms with Crippen molar-refractivity contribution in [2.24, 2.45) is 0 Å². The fourth-order valence-electron chi connectivity index (χ4n) is 1.36. The van der Waals surface area contributed by atoms with Gasteiger partial charge in [-0.2, -0.15) is 13.2 Å². The summed E-state index contributed by atoms with van der Waals surface area (Å²) >= 11 is 0. The van der Waals surface area contributed by atoms with Crippen molar-refractivity contribution in [3.63, 3.8) is 0 Å². The number of alkyl halides is 3. The first-order chi connectivity index (χ1) is 8.99. The van der Waals surface area contributed by atoms with Gasteiger partial charge in [0, 0.05) is 11.4 Å². The van der Waals surface area contributed by atoms with E-state index in [1.165, 1.54) is 6.07 Å². The summed E-state index contributed by atoms with van der Waals surface area (Å²) < 4.78 is 43.2. The van der Waals surface area contributed by atoms with Crippen molar-refractivity contribution in [1.29, 1.82) is 0 Å². The second-order valence-electron chi connectivity index (χ2n) is 5.25. The van der Waals surface area contributed by atoms with Gasteiger partial charge >= 0.3 is 6.18 Å². The number of benzene rings is 1. The first kappa shape index (κ1) is 16.3. The van der Waals surface area contributed by atoms with Gasteiger partial charge in [0.2, 0.25) is 5.91 Å². The van der Waals surface area contributed by atoms with Gasteiger partial charge in [-0.15, -0.1) is 0 Å². The number of nitrogen functional groups attached to an aromatic ring is 1. The Morgan fingerprint density at radius 3 is 2.40 bits per heavy atom. The highest BCUT2D eigenvalue weighted by Crippen LogP contribution is 2.35. The third-order valence-corrected chi connectivity index (χ3v) is 2.28. The summed E-state index contributed by atoms with van der Waals surface area (Å²) in [4.78, 5) is 11.6. The third kappa shape index (κ3) is 5.08. The summed E-state index contributed by atoms with van der Waals surface area (Å²) in [7, 11) is 0. The molecule has 0 bridgehead atoms. The van der Waals surface area contributed by atoms with E-state index in [-0.39, 0.29) is 18.0 Å². The second kappa shape index (κ2) is 5.70. The number of anilines is 2. The third-order valence-electron chi connectivity index (χ3n) is 2.28. The lowest BCUT2D eigenvalue weighted by molar-refractivity contribution is -0.137. The molecule has 112 valence electrons. The summed E-state index contributed by atoms with van der Waals surface area (Å²) in [6.45, 7) is 5.07. The highest BCUT2D eigenvalue weighted by Gasteiger charge is 2.33. The number of amides is 1. The van der Waals surface area contributed by atoms with Gasteiger partial charge in [0.1, 0.15) is 6.61 Å². The van der Waals surface area contributed by atoms with E-state index in [1.54, 1.807) is 20.8 Å². The van der Waals surface area contributed by atoms with Crippen molar-refractivity contribution < 1.29 is 22.7 Å². The molecule has 0 aliphatic carbocycles. The van der Waals surface area contributed by atoms with Gasteiger partial charge in [-0.3, -0.25) is 4.79 Å². The minimum atomic E-state index is -4.56. The number of hydrogen-bond donors (Lipinski definition) is 2. The number of hydrogen-bond acceptors (Lipinski definition) is 3. The second-order valence-corrected chi connectivity index (χ2v) is 5.25. The molecule has 0 aliphatic heterocycles. The maximum Gasteiger partial charge on any atom is 0.418 e. The van der Waals surface area contributed by atoms with Gasteiger partial charge in [0.15, 0.2) is 0 Å². The van der Waals surface area contributed by atoms with Crippen molar-refractivity contribution in [2.45, 2.75) is 32.5 Å². The first-order valence-corrected chi connectivity index (χ1v) is 5.89. The Kier molecular flexibility index (Phi) is 4.65. The molecule has 3 N–H and O–H groups in total. The van der Waals surface area contributed by atoms with Crippen LogP contribution in [0, 0.1) is 0 Å². The molecule has 0 fully saturated rings. The van der Waals surface area contributed by atoms with E-state index in [2.05, 4.69) is 5.32 Å². The van der Waals surface area contributed by atoms with Gasteiger partial charge in [-0.05, 0) is 39.0 Å². The van der Waals surface area contributed by atoms with Gasteiger partial charge in [-0.1, -0.05) is 0 Å². The van der Waals surface area contributed by atoms with E-state index in [0.29, 0.717) is 0 Å². The van der Waals surface area contributed by atoms with Crippen LogP contribution in [-0.4, -0.2) is 18.1 Å². The fourth-order valence-corrected chi connectivity index (χ4v) is 1.36. The quantitative estimate of drug-likeness (QED) is 0.841. The maximum absolute atomic E-state index is 12.7. The van der Waals surface area contributed by atoms with Gasteiger partial charge < -0.3 is 15.8 Å². The molecule has 0 radical (unpaired) electrons. The minimum Gasteiger partial charge on any atom is -0.398 e. The van der Waals surface area contributed by atoms with Crippen LogP contribution < -0.4 is 11.1 Å². The number of carbonyl (C=O) groups excluding carboxylic acids is 1. The predicted octanol–water partition coefficient (Wildman–Crippen LogP) is 3.04. The molecule has 0 spiro atoms. The van der Waals surface area contributed by atoms with Crippen LogP contribution in [0.1, 0.15) is 26.3 Å². The van der Waals surface area contributed by atoms with Gasteiger partial charge in [0.05, 0.1) is 11.2 Å². The van der Waals surface area contributed by atoms with Crippen LogP contribution in [-0.2, 0) is 15.7 Å². The largest absolute Gasteiger partial charge is 0.418 e. The summed E-state index contributed by atoms with van der Waals surface area (Å²) in [5.41, 5.74) is 3.42. The summed E-state index contributed by atoms with van der Waals surface area (Å²) in [6.07, 6.45) is -4.56. The van der Waals surface area contributed by atoms with E-state index >= 15 is 0 Å². The molecule has 0 saturated heterocycles. The van der Waals surface area contributed by atoms with Crippen molar-refractivity contribution in [3.05, 3.63) is 23.8 Å². The number of halogens is 3. The van der Waals surface area contributed by atoms with E-state index in [4.69, 9.17) is 10.5 Å². The topological polar surface area (TPSA) is 64.3 Å². The molecular weight excluding hydrogens is 273 g/mol. The molecule has 20 heavy (non-hydrogen) atoms. The normalized spacial score (nSPS) is 12.3. The van der Waals surface area contributed by atoms with Crippen LogP contribution in [0.4, 0.5) is 24.5 Å². The SMILES string of the molecule is CC(C)(C)OCC(=O)Nc1ccc(N)c(C(F)(F)F)c1. The molecule has 7 heteroatoms. The zero-order valence-corrected chi connectivity index (χ0v) is 11.5. The number of carbonyl (C=O) groups is 1. The Balaban J connectivity index is 2.77. The molecule has 4 nitrogen and oxygen atoms in total. The Hall–Kier alpha value is -1.76. The van der Waals surface area contributed by atoms with Gasteiger partial charge in [-0.25, -0.2) is 0 Å². The Bertz CT molecular complexity index is 493. The lowest BCUT2D eigenvalue weighted by Gasteiger charge is -2.19. The molecule has 0 unspecified atom stereocenters. The summed E-state index contributed by atoms with van der Waals surface area (Å²) in [5.74, 6) is -0.530. The molecule has 1 amide bonds. The monoisotopic (exact) mass is 290 g/mol. The van der Waals surface area contributed by atoms with Crippen LogP contribution in [0.15, 0.2) is 18.2 Å². The lowest BCUT2D eigenvalue weighted by atomic mass is 10.1. The van der Waals surface area contributed by atoms with Gasteiger partial charge in [0.25, 0.3) is 0 Å². The molecule has 1 aromatic rings. The van der Waals surface area contributed by atoms with Crippen molar-refractivity contribution in [3.8, 4) is 0 Å². The van der Waals surface area contributed by atoms with Crippen LogP contribution in [0.3, 0.4) is 0 Å². The van der Waals surface area contributed by atoms with Crippen LogP contribution in [0.25, 0.3) is 0 Å². The highest BCUT2D eigenvalue weighted by atomic mass is 19.4. The Labute approximate surface area is 115 Å². The average molecular weight is 290 g/mol. The summed E-state index contributed by atoms with van der Waals surface area (Å²) in [6, 6.07) is 3.20. The zero-order chi connectivity index (χ0) is 15.6. The van der Waals surface area contributed by atoms with Crippen LogP contribution in [0.5, 0.6) is 0 Å². The molecular formula is C13H17F3N2O2. The lowest BCUT2D eigenvalue weighted by Crippen LogP contribution is -2.27. The number of nitrogens with one attached hydrogen (secondary N) is 1. The molecule has 0 saturated carbocycles. The number of ether oxygens (including phenoxy) is 1. The Morgan fingerprint density at radius 2 is 1.90 bits per heavy atom. The summed E-state index contributed by atoms with van der Waals surface area (Å²) in [5, 5.41) is 2.33. The predicted molar refractivity (Wildman–Crippen MR) is 70.2 cm³/mol. The van der Waals surface area contributed by atoms with E-state index < -0.39 is 23.2 Å². The van der Waals surface area contributed by atoms with E-state index in [1.807, 2.05) is 0 Å². The van der Waals surface area contributed by atoms with Crippen molar-refractivity contribution in [2.75, 3.05) is 17.7 Å². The maximum atomic E-state index is 12.7. The molecule has 0 aliphatic rings. The number of rotatable bonds is 3. The number of nitrogens with two attached hydrogens (primary N) is 1. The van der Waals surface area contributed by atoms with E-state index in [0.717, 1.165) is 12.1 Å². The molecule has 0 atom stereocenters. The molecule has 1 aromatic carbocycles. The average Bonchev–Trinajstić information content (AvgIpc) is 2.27. The van der Waals surface area contributed by atoms with Crippen molar-refractivity contribution in [1.82, 2.24) is 0 Å². The smallest absolute Gasteiger partial charge is 0.398 e. The molecule has 0 heterocycles. The molecule has 0 aromatic heterocycles. The van der Waals surface area contributed by atoms with Crippen LogP contribution >= 0.6 is 0 Å². The standard InChI is InChI=1S/C13H17F3N2O2/c1-12(2,3)20-7-11(19)18-8-4-5-10(17)9(6-8)13(14,15)16/h4-6H,7,17H2,1-3H3,(H,18,19). The van der Waals surface area contributed by atoms with Crippen molar-refractivity contribution >= 4 is 17.3 Å². The fraction of sp³-hybridized carbons (Fsp3) is 0.462. The molecule has 1 rings (SSSR count). The van der Waals surface area contributed by atoms with E-state index in [9.17, 15) is 18.0 Å². The highest BCUT2D eigenvalue weighted by molar-refractivity contribution is 5.92. The first-order valence-electron chi connectivity index (χ1n) is 5.89. The zero-order valence-electron chi connectivity index (χ0n) is 11.5. The minimum absolute atomic E-state index is 0.0223. The Morgan fingerprint density at radius 1 is 1.30 bits per heavy atom. The van der Waals surface area contributed by atoms with Crippen LogP contribution in [0.2, 0.25) is 0 Å².